The smallest absolute Gasteiger partial charge is 0.133 e. The van der Waals surface area contributed by atoms with Gasteiger partial charge in [0.2, 0.25) is 0 Å². The molecule has 1 fully saturated rings. The zero-order valence-corrected chi connectivity index (χ0v) is 12.4. The van der Waals surface area contributed by atoms with Gasteiger partial charge in [0.15, 0.2) is 0 Å². The molecule has 2 aromatic heterocycles. The lowest BCUT2D eigenvalue weighted by Crippen LogP contribution is -2.20. The Bertz CT molecular complexity index is 584. The first kappa shape index (κ1) is 13.2. The second-order valence-corrected chi connectivity index (χ2v) is 5.75. The first-order valence-electron chi connectivity index (χ1n) is 7.12. The molecule has 5 nitrogen and oxygen atoms in total. The second kappa shape index (κ2) is 5.32. The highest BCUT2D eigenvalue weighted by Gasteiger charge is 2.26. The van der Waals surface area contributed by atoms with E-state index in [-0.39, 0.29) is 0 Å². The van der Waals surface area contributed by atoms with Gasteiger partial charge in [-0.2, -0.15) is 5.10 Å². The Balaban J connectivity index is 1.67. The summed E-state index contributed by atoms with van der Waals surface area (Å²) in [6.07, 6.45) is 5.17. The zero-order chi connectivity index (χ0) is 14.1. The summed E-state index contributed by atoms with van der Waals surface area (Å²) < 4.78 is 1.86. The maximum atomic E-state index is 4.61. The molecule has 1 saturated heterocycles. The molecular weight excluding hydrogens is 250 g/mol. The molecule has 0 unspecified atom stereocenters. The largest absolute Gasteiger partial charge is 0.298 e. The minimum Gasteiger partial charge on any atom is -0.298 e. The van der Waals surface area contributed by atoms with E-state index in [1.54, 1.807) is 0 Å². The molecule has 3 rings (SSSR count). The summed E-state index contributed by atoms with van der Waals surface area (Å²) in [5, 5.41) is 4.22. The van der Waals surface area contributed by atoms with Crippen molar-refractivity contribution in [2.75, 3.05) is 13.1 Å². The fraction of sp³-hybridized carbons (Fsp3) is 0.533. The predicted molar refractivity (Wildman–Crippen MR) is 77.3 cm³/mol. The van der Waals surface area contributed by atoms with Crippen molar-refractivity contribution < 1.29 is 0 Å². The van der Waals surface area contributed by atoms with Crippen LogP contribution in [-0.2, 0) is 13.6 Å². The van der Waals surface area contributed by atoms with E-state index in [4.69, 9.17) is 0 Å². The van der Waals surface area contributed by atoms with Gasteiger partial charge in [0.25, 0.3) is 0 Å². The molecule has 0 N–H and O–H groups in total. The summed E-state index contributed by atoms with van der Waals surface area (Å²) in [7, 11) is 1.96. The SMILES string of the molecule is Cc1cc(C)nc([C@@H]2CCN(Cc3cnn(C)c3)C2)n1. The lowest BCUT2D eigenvalue weighted by molar-refractivity contribution is 0.325. The summed E-state index contributed by atoms with van der Waals surface area (Å²) in [6.45, 7) is 7.20. The topological polar surface area (TPSA) is 46.8 Å². The molecule has 3 heterocycles. The Morgan fingerprint density at radius 3 is 2.65 bits per heavy atom. The van der Waals surface area contributed by atoms with E-state index in [0.717, 1.165) is 43.3 Å². The van der Waals surface area contributed by atoms with Crippen LogP contribution >= 0.6 is 0 Å². The highest BCUT2D eigenvalue weighted by Crippen LogP contribution is 2.26. The lowest BCUT2D eigenvalue weighted by atomic mass is 10.1. The van der Waals surface area contributed by atoms with Crippen LogP contribution in [0.3, 0.4) is 0 Å². The monoisotopic (exact) mass is 271 g/mol. The van der Waals surface area contributed by atoms with Crippen LogP contribution in [0.4, 0.5) is 0 Å². The Morgan fingerprint density at radius 2 is 2.00 bits per heavy atom. The Kier molecular flexibility index (Phi) is 3.53. The molecule has 1 aliphatic rings. The molecule has 0 saturated carbocycles. The number of hydrogen-bond acceptors (Lipinski definition) is 4. The predicted octanol–water partition coefficient (Wildman–Crippen LogP) is 1.82. The van der Waals surface area contributed by atoms with Crippen molar-refractivity contribution in [3.05, 3.63) is 41.2 Å². The lowest BCUT2D eigenvalue weighted by Gasteiger charge is -2.14. The highest BCUT2D eigenvalue weighted by molar-refractivity contribution is 5.13. The van der Waals surface area contributed by atoms with Gasteiger partial charge in [-0.05, 0) is 32.9 Å². The third-order valence-corrected chi connectivity index (χ3v) is 3.80. The number of rotatable bonds is 3. The van der Waals surface area contributed by atoms with Gasteiger partial charge in [-0.1, -0.05) is 0 Å². The summed E-state index contributed by atoms with van der Waals surface area (Å²) in [5.41, 5.74) is 3.41. The molecule has 1 atom stereocenters. The molecule has 0 aliphatic carbocycles. The first-order chi connectivity index (χ1) is 9.60. The quantitative estimate of drug-likeness (QED) is 0.854. The van der Waals surface area contributed by atoms with E-state index >= 15 is 0 Å². The van der Waals surface area contributed by atoms with Crippen LogP contribution < -0.4 is 0 Å². The van der Waals surface area contributed by atoms with Gasteiger partial charge in [0.1, 0.15) is 5.82 Å². The minimum absolute atomic E-state index is 0.463. The van der Waals surface area contributed by atoms with Crippen molar-refractivity contribution in [1.82, 2.24) is 24.6 Å². The number of aromatic nitrogens is 4. The van der Waals surface area contributed by atoms with E-state index in [2.05, 4.69) is 26.2 Å². The first-order valence-corrected chi connectivity index (χ1v) is 7.12. The molecule has 20 heavy (non-hydrogen) atoms. The molecule has 0 amide bonds. The Labute approximate surface area is 119 Å². The van der Waals surface area contributed by atoms with E-state index in [9.17, 15) is 0 Å². The minimum atomic E-state index is 0.463. The van der Waals surface area contributed by atoms with Crippen LogP contribution in [-0.4, -0.2) is 37.7 Å². The van der Waals surface area contributed by atoms with Crippen LogP contribution in [0, 0.1) is 13.8 Å². The summed E-state index contributed by atoms with van der Waals surface area (Å²) >= 11 is 0. The molecule has 5 heteroatoms. The standard InChI is InChI=1S/C15H21N5/c1-11-6-12(2)18-15(17-11)14-4-5-20(10-14)9-13-7-16-19(3)8-13/h6-8,14H,4-5,9-10H2,1-3H3/t14-/m1/s1. The van der Waals surface area contributed by atoms with Gasteiger partial charge in [0, 0.05) is 49.2 Å². The average molecular weight is 271 g/mol. The number of likely N-dealkylation sites (tertiary alicyclic amines) is 1. The van der Waals surface area contributed by atoms with Crippen molar-refractivity contribution in [3.8, 4) is 0 Å². The van der Waals surface area contributed by atoms with Crippen molar-refractivity contribution >= 4 is 0 Å². The van der Waals surface area contributed by atoms with Crippen LogP contribution in [0.2, 0.25) is 0 Å². The maximum absolute atomic E-state index is 4.61. The number of nitrogens with zero attached hydrogens (tertiary/aromatic N) is 5. The molecule has 0 spiro atoms. The van der Waals surface area contributed by atoms with Crippen LogP contribution in [0.1, 0.15) is 35.1 Å². The van der Waals surface area contributed by atoms with Gasteiger partial charge >= 0.3 is 0 Å². The second-order valence-electron chi connectivity index (χ2n) is 5.75. The molecular formula is C15H21N5. The van der Waals surface area contributed by atoms with Crippen LogP contribution in [0.15, 0.2) is 18.5 Å². The Morgan fingerprint density at radius 1 is 1.25 bits per heavy atom. The van der Waals surface area contributed by atoms with E-state index in [1.165, 1.54) is 5.56 Å². The van der Waals surface area contributed by atoms with Gasteiger partial charge in [0.05, 0.1) is 6.20 Å². The zero-order valence-electron chi connectivity index (χ0n) is 12.4. The number of hydrogen-bond donors (Lipinski definition) is 0. The van der Waals surface area contributed by atoms with Crippen LogP contribution in [0.25, 0.3) is 0 Å². The number of aryl methyl sites for hydroxylation is 3. The van der Waals surface area contributed by atoms with Gasteiger partial charge in [-0.3, -0.25) is 9.58 Å². The van der Waals surface area contributed by atoms with E-state index in [1.807, 2.05) is 37.8 Å². The molecule has 1 aliphatic heterocycles. The van der Waals surface area contributed by atoms with Crippen molar-refractivity contribution in [1.29, 1.82) is 0 Å². The third kappa shape index (κ3) is 2.88. The summed E-state index contributed by atoms with van der Waals surface area (Å²) in [6, 6.07) is 2.03. The molecule has 0 aromatic carbocycles. The summed E-state index contributed by atoms with van der Waals surface area (Å²) in [5.74, 6) is 1.47. The fourth-order valence-electron chi connectivity index (χ4n) is 2.93. The third-order valence-electron chi connectivity index (χ3n) is 3.80. The van der Waals surface area contributed by atoms with Gasteiger partial charge in [-0.15, -0.1) is 0 Å². The van der Waals surface area contributed by atoms with Crippen molar-refractivity contribution in [3.63, 3.8) is 0 Å². The highest BCUT2D eigenvalue weighted by atomic mass is 15.2. The van der Waals surface area contributed by atoms with Crippen LogP contribution in [0.5, 0.6) is 0 Å². The molecule has 106 valence electrons. The van der Waals surface area contributed by atoms with E-state index in [0.29, 0.717) is 5.92 Å². The normalized spacial score (nSPS) is 19.6. The Hall–Kier alpha value is -1.75. The van der Waals surface area contributed by atoms with E-state index < -0.39 is 0 Å². The molecule has 2 aromatic rings. The average Bonchev–Trinajstić information content (AvgIpc) is 2.98. The fourth-order valence-corrected chi connectivity index (χ4v) is 2.93. The van der Waals surface area contributed by atoms with Crippen molar-refractivity contribution in [2.24, 2.45) is 7.05 Å². The van der Waals surface area contributed by atoms with Gasteiger partial charge < -0.3 is 0 Å². The summed E-state index contributed by atoms with van der Waals surface area (Å²) in [4.78, 5) is 11.7. The van der Waals surface area contributed by atoms with Gasteiger partial charge in [-0.25, -0.2) is 9.97 Å². The molecule has 0 radical (unpaired) electrons. The molecule has 0 bridgehead atoms. The maximum Gasteiger partial charge on any atom is 0.133 e. The van der Waals surface area contributed by atoms with Crippen molar-refractivity contribution in [2.45, 2.75) is 32.7 Å².